The summed E-state index contributed by atoms with van der Waals surface area (Å²) in [5, 5.41) is 23.4. The van der Waals surface area contributed by atoms with E-state index in [1.165, 1.54) is 0 Å². The van der Waals surface area contributed by atoms with Crippen molar-refractivity contribution in [3.8, 4) is 0 Å². The lowest BCUT2D eigenvalue weighted by Crippen LogP contribution is -2.30. The summed E-state index contributed by atoms with van der Waals surface area (Å²) >= 11 is 11.7. The van der Waals surface area contributed by atoms with E-state index in [1.807, 2.05) is 0 Å². The van der Waals surface area contributed by atoms with Gasteiger partial charge in [-0.2, -0.15) is 9.98 Å². The van der Waals surface area contributed by atoms with Gasteiger partial charge < -0.3 is 49.5 Å². The van der Waals surface area contributed by atoms with Crippen LogP contribution in [0.3, 0.4) is 0 Å². The van der Waals surface area contributed by atoms with Gasteiger partial charge in [0.2, 0.25) is 23.8 Å². The van der Waals surface area contributed by atoms with Gasteiger partial charge in [0.25, 0.3) is 0 Å². The second-order valence-corrected chi connectivity index (χ2v) is 9.90. The van der Waals surface area contributed by atoms with Gasteiger partial charge in [-0.05, 0) is 67.8 Å². The molecule has 0 aliphatic carbocycles. The Balaban J connectivity index is 0.000000828. The average Bonchev–Trinajstić information content (AvgIpc) is 2.95. The number of benzene rings is 2. The fourth-order valence-electron chi connectivity index (χ4n) is 3.10. The van der Waals surface area contributed by atoms with E-state index in [4.69, 9.17) is 62.1 Å². The van der Waals surface area contributed by atoms with E-state index in [0.29, 0.717) is 23.1 Å². The first-order chi connectivity index (χ1) is 20.8. The Morgan fingerprint density at radius 1 is 0.705 bits per heavy atom. The van der Waals surface area contributed by atoms with Crippen LogP contribution in [0.25, 0.3) is 0 Å². The first kappa shape index (κ1) is 37.4. The van der Waals surface area contributed by atoms with Crippen molar-refractivity contribution in [1.29, 1.82) is 0 Å². The maximum atomic E-state index is 9.99. The van der Waals surface area contributed by atoms with Crippen molar-refractivity contribution in [2.24, 2.45) is 48.6 Å². The Bertz CT molecular complexity index is 1220. The number of nitrogens with zero attached hydrogens (tertiary/aromatic N) is 4. The smallest absolute Gasteiger partial charge is 0.320 e. The van der Waals surface area contributed by atoms with E-state index >= 15 is 0 Å². The highest BCUT2D eigenvalue weighted by Crippen LogP contribution is 2.13. The van der Waals surface area contributed by atoms with Crippen LogP contribution in [0.4, 0.5) is 11.4 Å². The van der Waals surface area contributed by atoms with Gasteiger partial charge >= 0.3 is 11.9 Å². The van der Waals surface area contributed by atoms with Crippen molar-refractivity contribution in [2.45, 2.75) is 44.6 Å². The molecule has 0 aliphatic heterocycles. The number of carboxylic acids is 2. The molecule has 0 aromatic heterocycles. The summed E-state index contributed by atoms with van der Waals surface area (Å²) in [7, 11) is 0. The molecule has 0 radical (unpaired) electrons. The van der Waals surface area contributed by atoms with Gasteiger partial charge in [0.15, 0.2) is 0 Å². The molecule has 0 bridgehead atoms. The molecule has 44 heavy (non-hydrogen) atoms. The van der Waals surface area contributed by atoms with Gasteiger partial charge in [-0.25, -0.2) is 0 Å². The molecule has 15 nitrogen and oxygen atoms in total. The van der Waals surface area contributed by atoms with Crippen LogP contribution in [0.5, 0.6) is 0 Å². The van der Waals surface area contributed by atoms with Gasteiger partial charge in [0.05, 0.1) is 0 Å². The number of hydrogen-bond donors (Lipinski definition) is 9. The normalized spacial score (nSPS) is 13.0. The third kappa shape index (κ3) is 18.8. The number of rotatable bonds is 13. The molecule has 0 fully saturated rings. The van der Waals surface area contributed by atoms with E-state index in [9.17, 15) is 9.59 Å². The molecule has 2 aromatic rings. The van der Waals surface area contributed by atoms with Gasteiger partial charge in [-0.1, -0.05) is 36.0 Å². The minimum absolute atomic E-state index is 0.0231. The summed E-state index contributed by atoms with van der Waals surface area (Å²) < 4.78 is 0. The second kappa shape index (κ2) is 21.1. The number of nitrogens with two attached hydrogens (primary N) is 5. The molecule has 2 aromatic carbocycles. The quantitative estimate of drug-likeness (QED) is 0.0861. The Morgan fingerprint density at radius 3 is 1.43 bits per heavy atom. The van der Waals surface area contributed by atoms with Gasteiger partial charge in [-0.15, -0.1) is 0 Å². The molecule has 2 rings (SSSR count). The van der Waals surface area contributed by atoms with Crippen molar-refractivity contribution in [3.63, 3.8) is 0 Å². The van der Waals surface area contributed by atoms with Crippen LogP contribution >= 0.6 is 23.2 Å². The number of aliphatic imine (C=N–C) groups is 4. The molecule has 0 spiro atoms. The maximum Gasteiger partial charge on any atom is 0.320 e. The van der Waals surface area contributed by atoms with E-state index < -0.39 is 18.0 Å². The van der Waals surface area contributed by atoms with E-state index in [0.717, 1.165) is 37.1 Å². The lowest BCUT2D eigenvalue weighted by Gasteiger charge is -2.05. The summed E-state index contributed by atoms with van der Waals surface area (Å²) in [6.07, 6.45) is 3.46. The standard InChI is InChI=1S/C22H30Cl2N10.C5H9NO4/c23-15-5-9-17(10-6-15)31-21(27)33-19(25)29-13-3-1-2-4-14-30-20(26)34-22(28)32-18-11-7-16(24)8-12-18;6-3(5(9)10)1-2-4(7)8/h5-12H,1-4,13-14H2,(H5,25,27,29,31,33)(H5,26,28,30,32,34);3H,1-2,6H2,(H,7,8)(H,9,10)/t;3-/m.0/s1. The fourth-order valence-corrected chi connectivity index (χ4v) is 3.35. The van der Waals surface area contributed by atoms with Crippen molar-refractivity contribution in [2.75, 3.05) is 23.7 Å². The Kier molecular flexibility index (Phi) is 18.0. The monoisotopic (exact) mass is 651 g/mol. The molecule has 14 N–H and O–H groups in total. The van der Waals surface area contributed by atoms with Crippen molar-refractivity contribution in [1.82, 2.24) is 0 Å². The predicted molar refractivity (Wildman–Crippen MR) is 177 cm³/mol. The Morgan fingerprint density at radius 2 is 1.09 bits per heavy atom. The molecule has 0 heterocycles. The van der Waals surface area contributed by atoms with Crippen LogP contribution in [-0.2, 0) is 9.59 Å². The van der Waals surface area contributed by atoms with Crippen LogP contribution in [0, 0.1) is 0 Å². The number of carboxylic acid groups (broad SMARTS) is 2. The SMILES string of the molecule is NC(=NCCCCCCN=C(N)N=C(N)Nc1ccc(Cl)cc1)N=C(N)Nc1ccc(Cl)cc1.N[C@@H](CCC(=O)O)C(=O)O. The van der Waals surface area contributed by atoms with Crippen LogP contribution in [-0.4, -0.2) is 65.1 Å². The van der Waals surface area contributed by atoms with E-state index in [-0.39, 0.29) is 36.7 Å². The van der Waals surface area contributed by atoms with Crippen LogP contribution in [0.15, 0.2) is 68.5 Å². The summed E-state index contributed by atoms with van der Waals surface area (Å²) in [5.41, 5.74) is 29.8. The third-order valence-corrected chi connectivity index (χ3v) is 5.81. The summed E-state index contributed by atoms with van der Waals surface area (Å²) in [5.74, 6) is -1.63. The number of unbranched alkanes of at least 4 members (excludes halogenated alkanes) is 3. The van der Waals surface area contributed by atoms with Gasteiger partial charge in [0.1, 0.15) is 6.04 Å². The Hall–Kier alpha value is -4.60. The van der Waals surface area contributed by atoms with Crippen LogP contribution in [0.1, 0.15) is 38.5 Å². The predicted octanol–water partition coefficient (Wildman–Crippen LogP) is 2.60. The maximum absolute atomic E-state index is 9.99. The topological polar surface area (TPSA) is 278 Å². The lowest BCUT2D eigenvalue weighted by molar-refractivity contribution is -0.139. The van der Waals surface area contributed by atoms with Crippen molar-refractivity contribution in [3.05, 3.63) is 58.6 Å². The minimum Gasteiger partial charge on any atom is -0.481 e. The number of hydrogen-bond acceptors (Lipinski definition) is 5. The van der Waals surface area contributed by atoms with Crippen LogP contribution < -0.4 is 39.3 Å². The number of aliphatic carboxylic acids is 2. The minimum atomic E-state index is -1.17. The molecule has 240 valence electrons. The number of nitrogens with one attached hydrogen (secondary N) is 2. The molecule has 0 saturated carbocycles. The zero-order valence-corrected chi connectivity index (χ0v) is 25.5. The largest absolute Gasteiger partial charge is 0.481 e. The molecule has 1 atom stereocenters. The first-order valence-electron chi connectivity index (χ1n) is 13.4. The molecule has 0 amide bonds. The van der Waals surface area contributed by atoms with Gasteiger partial charge in [-0.3, -0.25) is 19.6 Å². The average molecular weight is 653 g/mol. The number of anilines is 2. The summed E-state index contributed by atoms with van der Waals surface area (Å²) in [6, 6.07) is 13.1. The highest BCUT2D eigenvalue weighted by Gasteiger charge is 2.12. The molecular weight excluding hydrogens is 613 g/mol. The van der Waals surface area contributed by atoms with Gasteiger partial charge in [0, 0.05) is 40.9 Å². The number of guanidine groups is 4. The third-order valence-electron chi connectivity index (χ3n) is 5.30. The molecule has 17 heteroatoms. The zero-order chi connectivity index (χ0) is 32.9. The van der Waals surface area contributed by atoms with Crippen molar-refractivity contribution < 1.29 is 19.8 Å². The number of halogens is 2. The molecule has 0 saturated heterocycles. The summed E-state index contributed by atoms with van der Waals surface area (Å²) in [4.78, 5) is 36.3. The lowest BCUT2D eigenvalue weighted by atomic mass is 10.2. The fraction of sp³-hybridized carbons (Fsp3) is 0.333. The van der Waals surface area contributed by atoms with Crippen molar-refractivity contribution >= 4 is 70.4 Å². The van der Waals surface area contributed by atoms with Crippen LogP contribution in [0.2, 0.25) is 10.0 Å². The van der Waals surface area contributed by atoms with E-state index in [2.05, 4.69) is 30.6 Å². The molecule has 0 aliphatic rings. The Labute approximate surface area is 265 Å². The zero-order valence-electron chi connectivity index (χ0n) is 24.0. The first-order valence-corrected chi connectivity index (χ1v) is 14.1. The highest BCUT2D eigenvalue weighted by atomic mass is 35.5. The van der Waals surface area contributed by atoms with E-state index in [1.54, 1.807) is 48.5 Å². The highest BCUT2D eigenvalue weighted by molar-refractivity contribution is 6.31. The summed E-state index contributed by atoms with van der Waals surface area (Å²) in [6.45, 7) is 1.12. The number of carbonyl (C=O) groups is 2. The molecular formula is C27H39Cl2N11O4. The second-order valence-electron chi connectivity index (χ2n) is 9.03. The molecule has 0 unspecified atom stereocenters.